The van der Waals surface area contributed by atoms with E-state index in [1.807, 2.05) is 54.6 Å². The van der Waals surface area contributed by atoms with Crippen LogP contribution in [-0.4, -0.2) is 39.7 Å². The Kier molecular flexibility index (Phi) is 7.27. The largest absolute Gasteiger partial charge is 0.495 e. The second-order valence-corrected chi connectivity index (χ2v) is 8.87. The molecule has 0 saturated heterocycles. The molecule has 0 bridgehead atoms. The van der Waals surface area contributed by atoms with Crippen LogP contribution in [0.3, 0.4) is 0 Å². The molecular formula is C26H26N2O5S. The highest BCUT2D eigenvalue weighted by Gasteiger charge is 2.31. The molecule has 8 heteroatoms. The van der Waals surface area contributed by atoms with Crippen molar-refractivity contribution in [3.05, 3.63) is 72.3 Å². The number of carbonyl (C=O) groups is 2. The summed E-state index contributed by atoms with van der Waals surface area (Å²) in [5, 5.41) is 2.71. The summed E-state index contributed by atoms with van der Waals surface area (Å²) >= 11 is 1.60. The molecular weight excluding hydrogens is 452 g/mol. The summed E-state index contributed by atoms with van der Waals surface area (Å²) < 4.78 is 16.1. The highest BCUT2D eigenvalue weighted by Crippen LogP contribution is 2.46. The SMILES string of the molecule is COc1ccccc1NC(=O)CN1C(=O)C[C@@H](c2ccc(OC)c(OC)c2)Sc2ccccc21. The zero-order chi connectivity index (χ0) is 24.1. The van der Waals surface area contributed by atoms with Crippen molar-refractivity contribution in [2.45, 2.75) is 16.6 Å². The average molecular weight is 479 g/mol. The van der Waals surface area contributed by atoms with Crippen LogP contribution >= 0.6 is 11.8 Å². The molecule has 7 nitrogen and oxygen atoms in total. The van der Waals surface area contributed by atoms with E-state index < -0.39 is 0 Å². The molecule has 1 aliphatic rings. The first-order valence-electron chi connectivity index (χ1n) is 10.7. The Labute approximate surface area is 203 Å². The van der Waals surface area contributed by atoms with Crippen LogP contribution in [0.25, 0.3) is 0 Å². The van der Waals surface area contributed by atoms with Crippen LogP contribution in [0.15, 0.2) is 71.6 Å². The van der Waals surface area contributed by atoms with Crippen molar-refractivity contribution < 1.29 is 23.8 Å². The van der Waals surface area contributed by atoms with Gasteiger partial charge >= 0.3 is 0 Å². The van der Waals surface area contributed by atoms with Crippen LogP contribution in [0.5, 0.6) is 17.2 Å². The van der Waals surface area contributed by atoms with E-state index >= 15 is 0 Å². The quantitative estimate of drug-likeness (QED) is 0.519. The maximum absolute atomic E-state index is 13.4. The molecule has 0 unspecified atom stereocenters. The second-order valence-electron chi connectivity index (χ2n) is 7.62. The molecule has 1 aliphatic heterocycles. The molecule has 1 N–H and O–H groups in total. The number of hydrogen-bond donors (Lipinski definition) is 1. The Morgan fingerprint density at radius 2 is 1.65 bits per heavy atom. The molecule has 0 saturated carbocycles. The summed E-state index contributed by atoms with van der Waals surface area (Å²) in [6.45, 7) is -0.104. The van der Waals surface area contributed by atoms with Crippen molar-refractivity contribution in [2.75, 3.05) is 38.1 Å². The predicted molar refractivity (Wildman–Crippen MR) is 133 cm³/mol. The number of para-hydroxylation sites is 3. The van der Waals surface area contributed by atoms with Crippen molar-refractivity contribution in [3.8, 4) is 17.2 Å². The average Bonchev–Trinajstić information content (AvgIpc) is 3.00. The Hall–Kier alpha value is -3.65. The number of fused-ring (bicyclic) bond motifs is 1. The first-order chi connectivity index (χ1) is 16.5. The fourth-order valence-corrected chi connectivity index (χ4v) is 5.14. The molecule has 0 aromatic heterocycles. The number of nitrogens with zero attached hydrogens (tertiary/aromatic N) is 1. The summed E-state index contributed by atoms with van der Waals surface area (Å²) in [6.07, 6.45) is 0.233. The van der Waals surface area contributed by atoms with Gasteiger partial charge in [-0.05, 0) is 42.0 Å². The van der Waals surface area contributed by atoms with Crippen LogP contribution in [-0.2, 0) is 9.59 Å². The van der Waals surface area contributed by atoms with E-state index in [1.165, 1.54) is 0 Å². The van der Waals surface area contributed by atoms with E-state index in [1.54, 1.807) is 50.1 Å². The van der Waals surface area contributed by atoms with Gasteiger partial charge in [-0.1, -0.05) is 30.3 Å². The molecule has 1 heterocycles. The van der Waals surface area contributed by atoms with Crippen LogP contribution < -0.4 is 24.4 Å². The lowest BCUT2D eigenvalue weighted by molar-refractivity contribution is -0.121. The third kappa shape index (κ3) is 4.97. The zero-order valence-electron chi connectivity index (χ0n) is 19.2. The minimum Gasteiger partial charge on any atom is -0.495 e. The second kappa shape index (κ2) is 10.5. The number of thioether (sulfide) groups is 1. The molecule has 1 atom stereocenters. The van der Waals surface area contributed by atoms with Gasteiger partial charge in [-0.2, -0.15) is 0 Å². The number of methoxy groups -OCH3 is 3. The standard InChI is InChI=1S/C26H26N2O5S/c1-31-20-10-6-4-8-18(20)27-25(29)16-28-19-9-5-7-11-23(19)34-24(15-26(28)30)17-12-13-21(32-2)22(14-17)33-3/h4-14,24H,15-16H2,1-3H3,(H,27,29)/t24-/m0/s1. The summed E-state index contributed by atoms with van der Waals surface area (Å²) in [4.78, 5) is 28.8. The van der Waals surface area contributed by atoms with E-state index in [0.717, 1.165) is 16.1 Å². The van der Waals surface area contributed by atoms with Crippen LogP contribution in [0.1, 0.15) is 17.2 Å². The van der Waals surface area contributed by atoms with Crippen molar-refractivity contribution in [1.82, 2.24) is 0 Å². The van der Waals surface area contributed by atoms with Crippen molar-refractivity contribution in [3.63, 3.8) is 0 Å². The fraction of sp³-hybridized carbons (Fsp3) is 0.231. The number of carbonyl (C=O) groups excluding carboxylic acids is 2. The van der Waals surface area contributed by atoms with E-state index in [-0.39, 0.29) is 30.0 Å². The number of rotatable bonds is 7. The zero-order valence-corrected chi connectivity index (χ0v) is 20.1. The molecule has 2 amide bonds. The first kappa shape index (κ1) is 23.5. The van der Waals surface area contributed by atoms with E-state index in [9.17, 15) is 9.59 Å². The van der Waals surface area contributed by atoms with Crippen LogP contribution in [0.4, 0.5) is 11.4 Å². The Morgan fingerprint density at radius 3 is 2.41 bits per heavy atom. The number of nitrogens with one attached hydrogen (secondary N) is 1. The fourth-order valence-electron chi connectivity index (χ4n) is 3.87. The van der Waals surface area contributed by atoms with Crippen molar-refractivity contribution >= 4 is 35.0 Å². The normalized spacial score (nSPS) is 15.2. The molecule has 176 valence electrons. The van der Waals surface area contributed by atoms with Crippen LogP contribution in [0.2, 0.25) is 0 Å². The summed E-state index contributed by atoms with van der Waals surface area (Å²) in [6, 6.07) is 20.5. The lowest BCUT2D eigenvalue weighted by Gasteiger charge is -2.22. The molecule has 34 heavy (non-hydrogen) atoms. The maximum atomic E-state index is 13.4. The molecule has 4 rings (SSSR count). The van der Waals surface area contributed by atoms with E-state index in [4.69, 9.17) is 14.2 Å². The van der Waals surface area contributed by atoms with Gasteiger partial charge in [0.2, 0.25) is 11.8 Å². The van der Waals surface area contributed by atoms with Gasteiger partial charge in [-0.25, -0.2) is 0 Å². The summed E-state index contributed by atoms with van der Waals surface area (Å²) in [5.74, 6) is 1.36. The Balaban J connectivity index is 1.60. The van der Waals surface area contributed by atoms with Gasteiger partial charge in [0.15, 0.2) is 11.5 Å². The maximum Gasteiger partial charge on any atom is 0.244 e. The van der Waals surface area contributed by atoms with Gasteiger partial charge in [0.05, 0.1) is 32.7 Å². The summed E-state index contributed by atoms with van der Waals surface area (Å²) in [5.41, 5.74) is 2.23. The third-order valence-corrected chi connectivity index (χ3v) is 6.87. The number of amides is 2. The van der Waals surface area contributed by atoms with Crippen molar-refractivity contribution in [1.29, 1.82) is 0 Å². The number of hydrogen-bond acceptors (Lipinski definition) is 6. The van der Waals surface area contributed by atoms with Gasteiger partial charge in [0.25, 0.3) is 0 Å². The number of benzene rings is 3. The number of ether oxygens (including phenoxy) is 3. The topological polar surface area (TPSA) is 77.1 Å². The highest BCUT2D eigenvalue weighted by molar-refractivity contribution is 7.99. The van der Waals surface area contributed by atoms with Gasteiger partial charge in [-0.15, -0.1) is 11.8 Å². The molecule has 0 radical (unpaired) electrons. The summed E-state index contributed by atoms with van der Waals surface area (Å²) in [7, 11) is 4.72. The van der Waals surface area contributed by atoms with Gasteiger partial charge in [0.1, 0.15) is 12.3 Å². The lowest BCUT2D eigenvalue weighted by atomic mass is 10.1. The highest BCUT2D eigenvalue weighted by atomic mass is 32.2. The predicted octanol–water partition coefficient (Wildman–Crippen LogP) is 4.92. The molecule has 0 spiro atoms. The van der Waals surface area contributed by atoms with Crippen LogP contribution in [0, 0.1) is 0 Å². The minimum atomic E-state index is -0.304. The Morgan fingerprint density at radius 1 is 0.941 bits per heavy atom. The first-order valence-corrected chi connectivity index (χ1v) is 11.6. The third-order valence-electron chi connectivity index (χ3n) is 5.55. The molecule has 3 aromatic carbocycles. The molecule has 0 fully saturated rings. The molecule has 0 aliphatic carbocycles. The van der Waals surface area contributed by atoms with E-state index in [2.05, 4.69) is 5.32 Å². The monoisotopic (exact) mass is 478 g/mol. The smallest absolute Gasteiger partial charge is 0.244 e. The lowest BCUT2D eigenvalue weighted by Crippen LogP contribution is -2.38. The Bertz CT molecular complexity index is 1200. The van der Waals surface area contributed by atoms with Gasteiger partial charge in [-0.3, -0.25) is 9.59 Å². The number of anilines is 2. The minimum absolute atomic E-state index is 0.104. The van der Waals surface area contributed by atoms with Crippen molar-refractivity contribution in [2.24, 2.45) is 0 Å². The molecule has 3 aromatic rings. The van der Waals surface area contributed by atoms with Gasteiger partial charge < -0.3 is 24.4 Å². The van der Waals surface area contributed by atoms with Gasteiger partial charge in [0, 0.05) is 16.6 Å². The van der Waals surface area contributed by atoms with E-state index in [0.29, 0.717) is 22.9 Å².